The minimum absolute atomic E-state index is 0.350. The van der Waals surface area contributed by atoms with Crippen LogP contribution in [-0.2, 0) is 6.42 Å². The van der Waals surface area contributed by atoms with Gasteiger partial charge in [-0.15, -0.1) is 0 Å². The smallest absolute Gasteiger partial charge is 0.132 e. The first-order valence-electron chi connectivity index (χ1n) is 13.2. The Balaban J connectivity index is 1.34. The third-order valence-corrected chi connectivity index (χ3v) is 7.84. The second kappa shape index (κ2) is 10.7. The highest BCUT2D eigenvalue weighted by atomic mass is 16.5. The van der Waals surface area contributed by atoms with Crippen molar-refractivity contribution >= 4 is 5.84 Å². The Bertz CT molecular complexity index is 1150. The van der Waals surface area contributed by atoms with Crippen LogP contribution in [0.2, 0.25) is 0 Å². The summed E-state index contributed by atoms with van der Waals surface area (Å²) in [7, 11) is 0. The lowest BCUT2D eigenvalue weighted by molar-refractivity contribution is 0.174. The van der Waals surface area contributed by atoms with Gasteiger partial charge in [-0.05, 0) is 69.8 Å². The summed E-state index contributed by atoms with van der Waals surface area (Å²) in [6.45, 7) is 9.31. The first-order valence-corrected chi connectivity index (χ1v) is 13.2. The maximum Gasteiger partial charge on any atom is 0.132 e. The van der Waals surface area contributed by atoms with Crippen molar-refractivity contribution < 1.29 is 4.74 Å². The van der Waals surface area contributed by atoms with Crippen LogP contribution in [0.5, 0.6) is 11.5 Å². The van der Waals surface area contributed by atoms with Crippen molar-refractivity contribution in [2.75, 3.05) is 32.7 Å². The van der Waals surface area contributed by atoms with Crippen molar-refractivity contribution in [3.8, 4) is 11.5 Å². The minimum atomic E-state index is 0.350. The number of likely N-dealkylation sites (tertiary alicyclic amines) is 1. The molecule has 1 fully saturated rings. The van der Waals surface area contributed by atoms with Gasteiger partial charge in [0.15, 0.2) is 0 Å². The summed E-state index contributed by atoms with van der Waals surface area (Å²) in [4.78, 5) is 4.71. The second-order valence-electron chi connectivity index (χ2n) is 9.81. The molecule has 0 saturated carbocycles. The standard InChI is InChI=1S/C31H37N3O/c1-3-34(4-2)31(32)25-14-15-27-29(22-25)35-28-13-9-8-12-26(28)30(27)24-17-20-33(21-18-24)19-16-23-10-6-5-7-11-23/h5-15,22,24,30,32H,3-4,16-21H2,1-2H3. The highest BCUT2D eigenvalue weighted by Crippen LogP contribution is 2.49. The SMILES string of the molecule is CCN(CC)C(=N)c1ccc2c(c1)Oc1ccccc1C2C1CCN(CCc2ccccc2)CC1. The van der Waals surface area contributed by atoms with Gasteiger partial charge in [-0.1, -0.05) is 60.7 Å². The topological polar surface area (TPSA) is 39.6 Å². The van der Waals surface area contributed by atoms with Crippen LogP contribution in [0, 0.1) is 11.3 Å². The van der Waals surface area contributed by atoms with Gasteiger partial charge in [0, 0.05) is 42.2 Å². The van der Waals surface area contributed by atoms with Crippen molar-refractivity contribution in [1.82, 2.24) is 9.80 Å². The third kappa shape index (κ3) is 4.99. The lowest BCUT2D eigenvalue weighted by Gasteiger charge is -2.39. The Morgan fingerprint density at radius 1 is 0.886 bits per heavy atom. The van der Waals surface area contributed by atoms with E-state index in [9.17, 15) is 0 Å². The van der Waals surface area contributed by atoms with Crippen LogP contribution in [-0.4, -0.2) is 48.4 Å². The number of para-hydroxylation sites is 1. The van der Waals surface area contributed by atoms with Crippen molar-refractivity contribution in [1.29, 1.82) is 5.41 Å². The summed E-state index contributed by atoms with van der Waals surface area (Å²) in [5.41, 5.74) is 4.95. The molecule has 182 valence electrons. The van der Waals surface area contributed by atoms with Gasteiger partial charge < -0.3 is 14.5 Å². The number of piperidine rings is 1. The molecule has 2 heterocycles. The summed E-state index contributed by atoms with van der Waals surface area (Å²) in [5.74, 6) is 3.42. The van der Waals surface area contributed by atoms with Crippen LogP contribution in [0.15, 0.2) is 72.8 Å². The molecule has 1 N–H and O–H groups in total. The minimum Gasteiger partial charge on any atom is -0.457 e. The molecule has 0 aliphatic carbocycles. The fourth-order valence-electron chi connectivity index (χ4n) is 5.82. The number of hydrogen-bond donors (Lipinski definition) is 1. The Morgan fingerprint density at radius 2 is 1.57 bits per heavy atom. The maximum atomic E-state index is 8.68. The fourth-order valence-corrected chi connectivity index (χ4v) is 5.82. The van der Waals surface area contributed by atoms with Crippen LogP contribution in [0.4, 0.5) is 0 Å². The van der Waals surface area contributed by atoms with Crippen LogP contribution in [0.1, 0.15) is 54.9 Å². The van der Waals surface area contributed by atoms with Gasteiger partial charge in [-0.3, -0.25) is 5.41 Å². The van der Waals surface area contributed by atoms with E-state index in [-0.39, 0.29) is 0 Å². The van der Waals surface area contributed by atoms with Gasteiger partial charge in [0.25, 0.3) is 0 Å². The summed E-state index contributed by atoms with van der Waals surface area (Å²) in [6.07, 6.45) is 3.52. The van der Waals surface area contributed by atoms with Gasteiger partial charge in [-0.2, -0.15) is 0 Å². The number of ether oxygens (including phenoxy) is 1. The fraction of sp³-hybridized carbons (Fsp3) is 0.387. The first kappa shape index (κ1) is 23.6. The first-order chi connectivity index (χ1) is 17.2. The van der Waals surface area contributed by atoms with E-state index in [0.29, 0.717) is 17.7 Å². The van der Waals surface area contributed by atoms with Crippen molar-refractivity contribution in [2.24, 2.45) is 5.92 Å². The molecule has 0 radical (unpaired) electrons. The normalized spacial score (nSPS) is 17.8. The van der Waals surface area contributed by atoms with E-state index >= 15 is 0 Å². The molecule has 5 rings (SSSR count). The van der Waals surface area contributed by atoms with Gasteiger partial charge in [0.2, 0.25) is 0 Å². The molecule has 1 atom stereocenters. The second-order valence-corrected chi connectivity index (χ2v) is 9.81. The summed E-state index contributed by atoms with van der Waals surface area (Å²) in [5, 5.41) is 8.68. The highest BCUT2D eigenvalue weighted by molar-refractivity contribution is 5.97. The molecule has 35 heavy (non-hydrogen) atoms. The third-order valence-electron chi connectivity index (χ3n) is 7.84. The van der Waals surface area contributed by atoms with Crippen LogP contribution < -0.4 is 4.74 Å². The molecular formula is C31H37N3O. The zero-order valence-electron chi connectivity index (χ0n) is 21.0. The predicted octanol–water partition coefficient (Wildman–Crippen LogP) is 6.55. The number of nitrogens with zero attached hydrogens (tertiary/aromatic N) is 2. The van der Waals surface area contributed by atoms with Crippen molar-refractivity contribution in [3.05, 3.63) is 95.1 Å². The van der Waals surface area contributed by atoms with Crippen molar-refractivity contribution in [3.63, 3.8) is 0 Å². The van der Waals surface area contributed by atoms with Crippen LogP contribution in [0.3, 0.4) is 0 Å². The number of benzene rings is 3. The molecule has 0 amide bonds. The average molecular weight is 468 g/mol. The Kier molecular flexibility index (Phi) is 7.19. The van der Waals surface area contributed by atoms with E-state index in [1.165, 1.54) is 29.5 Å². The lowest BCUT2D eigenvalue weighted by atomic mass is 9.74. The Labute approximate surface area is 210 Å². The maximum absolute atomic E-state index is 8.68. The van der Waals surface area contributed by atoms with Gasteiger partial charge in [0.1, 0.15) is 17.3 Å². The van der Waals surface area contributed by atoms with E-state index in [0.717, 1.165) is 56.2 Å². The number of fused-ring (bicyclic) bond motifs is 2. The number of hydrogen-bond acceptors (Lipinski definition) is 3. The van der Waals surface area contributed by atoms with E-state index in [1.54, 1.807) is 0 Å². The Morgan fingerprint density at radius 3 is 2.31 bits per heavy atom. The van der Waals surface area contributed by atoms with Crippen LogP contribution >= 0.6 is 0 Å². The molecular weight excluding hydrogens is 430 g/mol. The quantitative estimate of drug-likeness (QED) is 0.316. The predicted molar refractivity (Wildman–Crippen MR) is 144 cm³/mol. The van der Waals surface area contributed by atoms with E-state index in [2.05, 4.69) is 96.4 Å². The monoisotopic (exact) mass is 467 g/mol. The Hall–Kier alpha value is -3.11. The lowest BCUT2D eigenvalue weighted by Crippen LogP contribution is -2.37. The average Bonchev–Trinajstić information content (AvgIpc) is 2.92. The highest BCUT2D eigenvalue weighted by Gasteiger charge is 2.35. The van der Waals surface area contributed by atoms with E-state index in [4.69, 9.17) is 10.1 Å². The molecule has 2 aliphatic heterocycles. The van der Waals surface area contributed by atoms with Gasteiger partial charge >= 0.3 is 0 Å². The van der Waals surface area contributed by atoms with Gasteiger partial charge in [-0.25, -0.2) is 0 Å². The zero-order chi connectivity index (χ0) is 24.2. The van der Waals surface area contributed by atoms with E-state index in [1.807, 2.05) is 0 Å². The summed E-state index contributed by atoms with van der Waals surface area (Å²) < 4.78 is 6.42. The number of amidine groups is 1. The van der Waals surface area contributed by atoms with Crippen molar-refractivity contribution in [2.45, 2.75) is 39.0 Å². The molecule has 3 aromatic rings. The number of rotatable bonds is 7. The molecule has 1 saturated heterocycles. The number of nitrogens with one attached hydrogen (secondary N) is 1. The summed E-state index contributed by atoms with van der Waals surface area (Å²) in [6, 6.07) is 25.8. The summed E-state index contributed by atoms with van der Waals surface area (Å²) >= 11 is 0. The molecule has 1 unspecified atom stereocenters. The largest absolute Gasteiger partial charge is 0.457 e. The molecule has 4 heteroatoms. The van der Waals surface area contributed by atoms with Crippen LogP contribution in [0.25, 0.3) is 0 Å². The molecule has 0 bridgehead atoms. The zero-order valence-corrected chi connectivity index (χ0v) is 21.0. The molecule has 4 nitrogen and oxygen atoms in total. The van der Waals surface area contributed by atoms with E-state index < -0.39 is 0 Å². The molecule has 0 spiro atoms. The van der Waals surface area contributed by atoms with Gasteiger partial charge in [0.05, 0.1) is 0 Å². The molecule has 2 aliphatic rings. The molecule has 0 aromatic heterocycles. The molecule has 3 aromatic carbocycles.